The van der Waals surface area contributed by atoms with Crippen LogP contribution in [-0.4, -0.2) is 141 Å². The molecule has 0 N–H and O–H groups in total. The second kappa shape index (κ2) is 25.7. The maximum Gasteiger partial charge on any atom is 0.338 e. The Morgan fingerprint density at radius 3 is 1.37 bits per heavy atom. The largest absolute Gasteiger partial charge is 0.463 e. The van der Waals surface area contributed by atoms with Crippen LogP contribution >= 0.6 is 0 Å². The molecule has 0 aromatic heterocycles. The molecule has 14 atom stereocenters. The third-order valence-corrected chi connectivity index (χ3v) is 11.2. The number of carbonyl (C=O) groups excluding carboxylic acids is 7. The number of carbonyl (C=O) groups is 7. The molecule has 2 saturated heterocycles. The normalized spacial score (nSPS) is 28.2. The van der Waals surface area contributed by atoms with Crippen molar-refractivity contribution in [2.24, 2.45) is 15.3 Å². The summed E-state index contributed by atoms with van der Waals surface area (Å²) >= 11 is 0. The van der Waals surface area contributed by atoms with Crippen LogP contribution in [0.25, 0.3) is 31.3 Å². The summed E-state index contributed by atoms with van der Waals surface area (Å²) in [7, 11) is 0. The number of azide groups is 3. The molecule has 2 heterocycles. The smallest absolute Gasteiger partial charge is 0.338 e. The molecule has 384 valence electrons. The summed E-state index contributed by atoms with van der Waals surface area (Å²) in [5.41, 5.74) is 29.7. The molecule has 6 rings (SSSR count). The van der Waals surface area contributed by atoms with Gasteiger partial charge >= 0.3 is 41.8 Å². The van der Waals surface area contributed by atoms with Crippen molar-refractivity contribution in [2.75, 3.05) is 13.2 Å². The maximum absolute atomic E-state index is 14.0. The van der Waals surface area contributed by atoms with Crippen LogP contribution in [0.2, 0.25) is 0 Å². The minimum Gasteiger partial charge on any atom is -0.463 e. The lowest BCUT2D eigenvalue weighted by atomic mass is 9.83. The molecular weight excluding hydrogens is 967 g/mol. The van der Waals surface area contributed by atoms with E-state index in [1.807, 2.05) is 0 Å². The zero-order valence-electron chi connectivity index (χ0n) is 39.2. The molecule has 3 aromatic rings. The van der Waals surface area contributed by atoms with Crippen LogP contribution in [0.5, 0.6) is 0 Å². The third-order valence-electron chi connectivity index (χ3n) is 11.2. The van der Waals surface area contributed by atoms with Gasteiger partial charge in [0.2, 0.25) is 0 Å². The predicted molar refractivity (Wildman–Crippen MR) is 242 cm³/mol. The lowest BCUT2D eigenvalue weighted by Gasteiger charge is -2.48. The van der Waals surface area contributed by atoms with Gasteiger partial charge in [0.05, 0.1) is 34.9 Å². The third kappa shape index (κ3) is 14.2. The van der Waals surface area contributed by atoms with Gasteiger partial charge in [-0.2, -0.15) is 0 Å². The fourth-order valence-corrected chi connectivity index (χ4v) is 8.20. The Labute approximate surface area is 414 Å². The zero-order valence-corrected chi connectivity index (χ0v) is 39.2. The van der Waals surface area contributed by atoms with Gasteiger partial charge in [-0.15, -0.1) is 0 Å². The Hall–Kier alpha value is -8.28. The Balaban J connectivity index is 1.49. The van der Waals surface area contributed by atoms with E-state index in [0.717, 1.165) is 27.7 Å². The summed E-state index contributed by atoms with van der Waals surface area (Å²) in [6, 6.07) is 18.3. The van der Waals surface area contributed by atoms with Gasteiger partial charge in [-0.05, 0) is 59.4 Å². The molecule has 0 radical (unpaired) electrons. The highest BCUT2D eigenvalue weighted by Crippen LogP contribution is 2.40. The number of benzene rings is 3. The van der Waals surface area contributed by atoms with Crippen LogP contribution in [0, 0.1) is 0 Å². The van der Waals surface area contributed by atoms with Crippen molar-refractivity contribution in [3.05, 3.63) is 139 Å². The van der Waals surface area contributed by atoms with Crippen molar-refractivity contribution in [1.82, 2.24) is 0 Å². The Morgan fingerprint density at radius 1 is 0.466 bits per heavy atom. The topological polar surface area (TPSA) is 367 Å². The van der Waals surface area contributed by atoms with Gasteiger partial charge in [-0.3, -0.25) is 19.2 Å². The second-order valence-corrected chi connectivity index (χ2v) is 16.2. The van der Waals surface area contributed by atoms with Crippen LogP contribution in [0.4, 0.5) is 0 Å². The molecule has 73 heavy (non-hydrogen) atoms. The molecule has 1 aliphatic carbocycles. The summed E-state index contributed by atoms with van der Waals surface area (Å²) in [5.74, 6) is -6.46. The summed E-state index contributed by atoms with van der Waals surface area (Å²) in [6.07, 6.45) is -19.7. The van der Waals surface area contributed by atoms with Crippen LogP contribution in [0.15, 0.2) is 106 Å². The molecule has 0 amide bonds. The van der Waals surface area contributed by atoms with E-state index in [-0.39, 0.29) is 16.7 Å². The minimum absolute atomic E-state index is 0.00749. The Kier molecular flexibility index (Phi) is 19.0. The average molecular weight is 1010 g/mol. The van der Waals surface area contributed by atoms with E-state index >= 15 is 0 Å². The van der Waals surface area contributed by atoms with Crippen LogP contribution in [0.1, 0.15) is 65.2 Å². The number of ether oxygens (including phenoxy) is 11. The molecule has 0 spiro atoms. The quantitative estimate of drug-likeness (QED) is 0.0482. The lowest BCUT2D eigenvalue weighted by Crippen LogP contribution is -2.65. The minimum atomic E-state index is -1.95. The molecule has 3 fully saturated rings. The van der Waals surface area contributed by atoms with Gasteiger partial charge in [0.25, 0.3) is 0 Å². The van der Waals surface area contributed by atoms with Gasteiger partial charge in [-0.25, -0.2) is 14.4 Å². The molecule has 27 heteroatoms. The van der Waals surface area contributed by atoms with Crippen molar-refractivity contribution < 1.29 is 85.7 Å². The Bertz CT molecular complexity index is 2620. The standard InChI is InChI=1S/C46H47N9O18/c1-23(56)63-21-32-37(66-25(3)58)39(67-26(4)59)34(52-55-49)45(68-32)72-36-31(51-54-48)20-30(50-53-47)35(65-24(2)57)40(36)73-46-41(71-44(62)29-18-12-7-13-19-29)38(70-43(61)28-16-10-6-11-17-28)33(69-46)22-64-42(60)27-14-8-5-9-15-27/h5-19,30-41,45-46H,20-22H2,1-4H3/t30-,31?,32?,33-,34?,35?,36+,37+,38+,39-,40-,41?,45+,46+/m1/s1. The number of hydrogen-bond donors (Lipinski definition) is 0. The van der Waals surface area contributed by atoms with Crippen LogP contribution in [-0.2, 0) is 71.3 Å². The van der Waals surface area contributed by atoms with Gasteiger partial charge in [0.1, 0.15) is 43.7 Å². The van der Waals surface area contributed by atoms with Crippen molar-refractivity contribution in [2.45, 2.75) is 120 Å². The first-order valence-corrected chi connectivity index (χ1v) is 22.3. The number of hydrogen-bond acceptors (Lipinski definition) is 21. The highest BCUT2D eigenvalue weighted by Gasteiger charge is 2.58. The van der Waals surface area contributed by atoms with E-state index in [9.17, 15) is 50.2 Å². The van der Waals surface area contributed by atoms with Gasteiger partial charge in [0, 0.05) is 42.4 Å². The summed E-state index contributed by atoms with van der Waals surface area (Å²) in [6.45, 7) is 2.74. The van der Waals surface area contributed by atoms with Crippen molar-refractivity contribution >= 4 is 41.8 Å². The van der Waals surface area contributed by atoms with E-state index in [2.05, 4.69) is 30.1 Å². The van der Waals surface area contributed by atoms with Crippen LogP contribution in [0.3, 0.4) is 0 Å². The fourth-order valence-electron chi connectivity index (χ4n) is 8.20. The first-order valence-electron chi connectivity index (χ1n) is 22.3. The average Bonchev–Trinajstić information content (AvgIpc) is 3.67. The first kappa shape index (κ1) is 54.1. The van der Waals surface area contributed by atoms with Crippen LogP contribution < -0.4 is 0 Å². The molecule has 3 aliphatic rings. The molecule has 2 aliphatic heterocycles. The highest BCUT2D eigenvalue weighted by atomic mass is 16.8. The predicted octanol–water partition coefficient (Wildman–Crippen LogP) is 5.31. The summed E-state index contributed by atoms with van der Waals surface area (Å²) < 4.78 is 65.3. The first-order chi connectivity index (χ1) is 35.1. The van der Waals surface area contributed by atoms with E-state index < -0.39 is 147 Å². The van der Waals surface area contributed by atoms with E-state index in [4.69, 9.17) is 52.1 Å². The second-order valence-electron chi connectivity index (χ2n) is 16.2. The summed E-state index contributed by atoms with van der Waals surface area (Å²) in [5, 5.41) is 11.4. The Morgan fingerprint density at radius 2 is 0.877 bits per heavy atom. The molecular formula is C46H47N9O18. The monoisotopic (exact) mass is 1010 g/mol. The van der Waals surface area contributed by atoms with Crippen molar-refractivity contribution in [1.29, 1.82) is 0 Å². The molecule has 0 bridgehead atoms. The van der Waals surface area contributed by atoms with Gasteiger partial charge < -0.3 is 52.1 Å². The summed E-state index contributed by atoms with van der Waals surface area (Å²) in [4.78, 5) is 100.0. The van der Waals surface area contributed by atoms with Gasteiger partial charge in [-0.1, -0.05) is 69.9 Å². The molecule has 3 aromatic carbocycles. The highest BCUT2D eigenvalue weighted by molar-refractivity contribution is 5.91. The van der Waals surface area contributed by atoms with Crippen molar-refractivity contribution in [3.63, 3.8) is 0 Å². The number of nitrogens with zero attached hydrogens (tertiary/aromatic N) is 9. The number of rotatable bonds is 19. The fraction of sp³-hybridized carbons (Fsp3) is 0.457. The number of esters is 7. The SMILES string of the molecule is CC(=O)OCC1O[C@@H](O[C@H]2C(N=[N+]=[N-])C[C@@H](N=[N+]=[N-])C(OC(C)=O)[C@H]2O[C@@H]2O[C@H](COC(=O)c3ccccc3)[C@H](OC(=O)c3ccccc3)C2OC(=O)c2ccccc2)C(N=[N+]=[N-])[C@@H](OC(C)=O)[C@H]1OC(C)=O. The maximum atomic E-state index is 14.0. The molecule has 27 nitrogen and oxygen atoms in total. The van der Waals surface area contributed by atoms with E-state index in [1.165, 1.54) is 36.4 Å². The molecule has 5 unspecified atom stereocenters. The van der Waals surface area contributed by atoms with E-state index in [0.29, 0.717) is 0 Å². The molecule has 1 saturated carbocycles. The van der Waals surface area contributed by atoms with Gasteiger partial charge in [0.15, 0.2) is 37.0 Å². The zero-order chi connectivity index (χ0) is 52.6. The van der Waals surface area contributed by atoms with E-state index in [1.54, 1.807) is 54.6 Å². The lowest BCUT2D eigenvalue weighted by molar-refractivity contribution is -0.312. The van der Waals surface area contributed by atoms with Crippen molar-refractivity contribution in [3.8, 4) is 0 Å².